The minimum Gasteiger partial charge on any atom is -0.399 e. The zero-order chi connectivity index (χ0) is 13.7. The van der Waals surface area contributed by atoms with E-state index in [9.17, 15) is 13.2 Å². The molecule has 1 fully saturated rings. The molecule has 0 amide bonds. The van der Waals surface area contributed by atoms with Crippen LogP contribution in [0.25, 0.3) is 0 Å². The number of benzene rings is 1. The first-order valence-electron chi connectivity index (χ1n) is 5.64. The second-order valence-corrected chi connectivity index (χ2v) is 5.38. The second-order valence-electron chi connectivity index (χ2n) is 5.38. The average Bonchev–Trinajstić information content (AvgIpc) is 2.42. The number of rotatable bonds is 1. The van der Waals surface area contributed by atoms with Crippen LogP contribution in [0.1, 0.15) is 27.7 Å². The van der Waals surface area contributed by atoms with E-state index in [1.54, 1.807) is 27.7 Å². The van der Waals surface area contributed by atoms with E-state index < -0.39 is 35.8 Å². The summed E-state index contributed by atoms with van der Waals surface area (Å²) in [5.41, 5.74) is -1.63. The molecule has 2 rings (SSSR count). The molecule has 0 saturated carbocycles. The van der Waals surface area contributed by atoms with Crippen molar-refractivity contribution in [1.82, 2.24) is 0 Å². The van der Waals surface area contributed by atoms with Crippen LogP contribution in [0.5, 0.6) is 0 Å². The molecule has 2 nitrogen and oxygen atoms in total. The van der Waals surface area contributed by atoms with Crippen LogP contribution in [0.2, 0.25) is 0 Å². The molecule has 6 heteroatoms. The van der Waals surface area contributed by atoms with Crippen LogP contribution in [-0.4, -0.2) is 18.3 Å². The number of hydrogen-bond acceptors (Lipinski definition) is 2. The lowest BCUT2D eigenvalue weighted by molar-refractivity contribution is 0.00578. The van der Waals surface area contributed by atoms with Crippen LogP contribution in [0, 0.1) is 17.5 Å². The Bertz CT molecular complexity index is 472. The summed E-state index contributed by atoms with van der Waals surface area (Å²) < 4.78 is 51.0. The minimum absolute atomic E-state index is 0.258. The Labute approximate surface area is 104 Å². The van der Waals surface area contributed by atoms with Crippen molar-refractivity contribution in [3.05, 3.63) is 29.6 Å². The van der Waals surface area contributed by atoms with Crippen molar-refractivity contribution in [2.75, 3.05) is 0 Å². The first-order valence-corrected chi connectivity index (χ1v) is 5.64. The quantitative estimate of drug-likeness (QED) is 0.568. The van der Waals surface area contributed by atoms with Crippen molar-refractivity contribution in [1.29, 1.82) is 0 Å². The summed E-state index contributed by atoms with van der Waals surface area (Å²) in [7, 11) is -1.11. The molecule has 1 aliphatic rings. The standard InChI is InChI=1S/C12H14BF3O2/c1-11(2)12(3,4)18-13(17-11)8-5-7(14)6-9(15)10(8)16/h5-6H,1-4H3. The van der Waals surface area contributed by atoms with Crippen molar-refractivity contribution >= 4 is 12.6 Å². The lowest BCUT2D eigenvalue weighted by atomic mass is 9.78. The van der Waals surface area contributed by atoms with Gasteiger partial charge in [0, 0.05) is 11.5 Å². The Kier molecular flexibility index (Phi) is 2.98. The summed E-state index contributed by atoms with van der Waals surface area (Å²) in [4.78, 5) is 0. The molecule has 0 atom stereocenters. The molecule has 0 spiro atoms. The maximum atomic E-state index is 13.6. The molecule has 0 unspecified atom stereocenters. The summed E-state index contributed by atoms with van der Waals surface area (Å²) in [6.45, 7) is 7.11. The van der Waals surface area contributed by atoms with E-state index in [4.69, 9.17) is 9.31 Å². The SMILES string of the molecule is CC1(C)OB(c2cc(F)cc(F)c2F)OC1(C)C. The highest BCUT2D eigenvalue weighted by Gasteiger charge is 2.52. The van der Waals surface area contributed by atoms with Crippen LogP contribution >= 0.6 is 0 Å². The molecule has 0 bridgehead atoms. The normalized spacial score (nSPS) is 21.4. The van der Waals surface area contributed by atoms with E-state index in [0.717, 1.165) is 6.07 Å². The van der Waals surface area contributed by atoms with Gasteiger partial charge in [-0.1, -0.05) is 0 Å². The summed E-state index contributed by atoms with van der Waals surface area (Å²) >= 11 is 0. The predicted molar refractivity (Wildman–Crippen MR) is 62.0 cm³/mol. The van der Waals surface area contributed by atoms with E-state index >= 15 is 0 Å². The zero-order valence-electron chi connectivity index (χ0n) is 10.7. The van der Waals surface area contributed by atoms with Gasteiger partial charge in [0.25, 0.3) is 0 Å². The van der Waals surface area contributed by atoms with Crippen molar-refractivity contribution in [2.24, 2.45) is 0 Å². The van der Waals surface area contributed by atoms with Crippen molar-refractivity contribution in [3.8, 4) is 0 Å². The van der Waals surface area contributed by atoms with E-state index in [2.05, 4.69) is 0 Å². The highest BCUT2D eigenvalue weighted by Crippen LogP contribution is 2.36. The molecule has 1 aromatic carbocycles. The number of hydrogen-bond donors (Lipinski definition) is 0. The zero-order valence-corrected chi connectivity index (χ0v) is 10.7. The van der Waals surface area contributed by atoms with Gasteiger partial charge in [-0.2, -0.15) is 0 Å². The number of halogens is 3. The summed E-state index contributed by atoms with van der Waals surface area (Å²) in [6.07, 6.45) is 0. The van der Waals surface area contributed by atoms with Gasteiger partial charge >= 0.3 is 7.12 Å². The Balaban J connectivity index is 2.41. The fourth-order valence-corrected chi connectivity index (χ4v) is 1.72. The third-order valence-electron chi connectivity index (χ3n) is 3.53. The molecule has 1 aliphatic heterocycles. The van der Waals surface area contributed by atoms with Crippen molar-refractivity contribution < 1.29 is 22.5 Å². The van der Waals surface area contributed by atoms with Crippen molar-refractivity contribution in [2.45, 2.75) is 38.9 Å². The van der Waals surface area contributed by atoms with Gasteiger partial charge in [0.05, 0.1) is 11.2 Å². The second kappa shape index (κ2) is 4.00. The molecule has 0 aliphatic carbocycles. The van der Waals surface area contributed by atoms with Crippen LogP contribution in [0.4, 0.5) is 13.2 Å². The molecule has 0 radical (unpaired) electrons. The molecular formula is C12H14BF3O2. The third kappa shape index (κ3) is 2.03. The Hall–Kier alpha value is -1.01. The third-order valence-corrected chi connectivity index (χ3v) is 3.53. The van der Waals surface area contributed by atoms with Crippen LogP contribution in [0.3, 0.4) is 0 Å². The van der Waals surface area contributed by atoms with Gasteiger partial charge in [-0.15, -0.1) is 0 Å². The van der Waals surface area contributed by atoms with Gasteiger partial charge in [-0.25, -0.2) is 13.2 Å². The first kappa shape index (κ1) is 13.4. The molecule has 1 heterocycles. The highest BCUT2D eigenvalue weighted by molar-refractivity contribution is 6.62. The molecule has 1 saturated heterocycles. The van der Waals surface area contributed by atoms with Crippen molar-refractivity contribution in [3.63, 3.8) is 0 Å². The summed E-state index contributed by atoms with van der Waals surface area (Å²) in [6, 6.07) is 1.38. The van der Waals surface area contributed by atoms with Crippen LogP contribution < -0.4 is 5.46 Å². The van der Waals surface area contributed by atoms with Gasteiger partial charge in [0.2, 0.25) is 0 Å². The lowest BCUT2D eigenvalue weighted by Gasteiger charge is -2.32. The Morgan fingerprint density at radius 3 is 1.94 bits per heavy atom. The molecule has 0 N–H and O–H groups in total. The largest absolute Gasteiger partial charge is 0.498 e. The molecular weight excluding hydrogens is 244 g/mol. The fraction of sp³-hybridized carbons (Fsp3) is 0.500. The van der Waals surface area contributed by atoms with E-state index in [1.807, 2.05) is 0 Å². The van der Waals surface area contributed by atoms with Crippen LogP contribution in [0.15, 0.2) is 12.1 Å². The van der Waals surface area contributed by atoms with E-state index in [1.165, 1.54) is 0 Å². The Morgan fingerprint density at radius 1 is 0.944 bits per heavy atom. The van der Waals surface area contributed by atoms with Gasteiger partial charge in [-0.05, 0) is 33.8 Å². The van der Waals surface area contributed by atoms with E-state index in [0.29, 0.717) is 6.07 Å². The fourth-order valence-electron chi connectivity index (χ4n) is 1.72. The smallest absolute Gasteiger partial charge is 0.399 e. The molecule has 0 aromatic heterocycles. The van der Waals surface area contributed by atoms with Crippen LogP contribution in [-0.2, 0) is 9.31 Å². The topological polar surface area (TPSA) is 18.5 Å². The maximum Gasteiger partial charge on any atom is 0.498 e. The molecule has 18 heavy (non-hydrogen) atoms. The minimum atomic E-state index is -1.25. The summed E-state index contributed by atoms with van der Waals surface area (Å²) in [5, 5.41) is 0. The van der Waals surface area contributed by atoms with Gasteiger partial charge in [0.1, 0.15) is 5.82 Å². The monoisotopic (exact) mass is 258 g/mol. The van der Waals surface area contributed by atoms with Gasteiger partial charge in [-0.3, -0.25) is 0 Å². The van der Waals surface area contributed by atoms with Gasteiger partial charge < -0.3 is 9.31 Å². The lowest BCUT2D eigenvalue weighted by Crippen LogP contribution is -2.41. The maximum absolute atomic E-state index is 13.6. The molecule has 98 valence electrons. The van der Waals surface area contributed by atoms with Gasteiger partial charge in [0.15, 0.2) is 11.6 Å². The summed E-state index contributed by atoms with van der Waals surface area (Å²) in [5.74, 6) is -3.26. The first-order chi connectivity index (χ1) is 8.14. The highest BCUT2D eigenvalue weighted by atomic mass is 19.2. The molecule has 1 aromatic rings. The van der Waals surface area contributed by atoms with E-state index in [-0.39, 0.29) is 5.46 Å². The average molecular weight is 258 g/mol. The predicted octanol–water partition coefficient (Wildman–Crippen LogP) is 2.40. The Morgan fingerprint density at radius 2 is 1.44 bits per heavy atom.